The van der Waals surface area contributed by atoms with Crippen molar-refractivity contribution >= 4 is 55.0 Å². The van der Waals surface area contributed by atoms with Crippen LogP contribution < -0.4 is 5.32 Å². The number of benzene rings is 1. The number of rotatable bonds is 2. The number of hydrogen-bond donors (Lipinski definition) is 1. The van der Waals surface area contributed by atoms with Gasteiger partial charge in [-0.3, -0.25) is 0 Å². The third-order valence-corrected chi connectivity index (χ3v) is 3.68. The van der Waals surface area contributed by atoms with E-state index in [1.165, 1.54) is 6.07 Å². The van der Waals surface area contributed by atoms with Gasteiger partial charge in [0, 0.05) is 15.0 Å². The Kier molecular flexibility index (Phi) is 4.55. The van der Waals surface area contributed by atoms with Gasteiger partial charge in [0.2, 0.25) is 5.82 Å². The minimum atomic E-state index is -4.66. The second-order valence-electron chi connectivity index (χ2n) is 3.62. The number of anilines is 2. The Morgan fingerprint density at radius 1 is 1.10 bits per heavy atom. The van der Waals surface area contributed by atoms with Gasteiger partial charge in [0.1, 0.15) is 11.0 Å². The van der Waals surface area contributed by atoms with Gasteiger partial charge in [0.15, 0.2) is 0 Å². The monoisotopic (exact) mass is 429 g/mol. The molecule has 0 aliphatic rings. The summed E-state index contributed by atoms with van der Waals surface area (Å²) in [4.78, 5) is 6.57. The zero-order valence-electron chi connectivity index (χ0n) is 9.47. The molecule has 0 saturated carbocycles. The van der Waals surface area contributed by atoms with Crippen molar-refractivity contribution in [2.75, 3.05) is 5.32 Å². The van der Waals surface area contributed by atoms with Gasteiger partial charge in [-0.15, -0.1) is 0 Å². The number of aromatic nitrogens is 2. The van der Waals surface area contributed by atoms with E-state index >= 15 is 0 Å². The summed E-state index contributed by atoms with van der Waals surface area (Å²) in [6.45, 7) is 0. The summed E-state index contributed by atoms with van der Waals surface area (Å²) in [6, 6.07) is 6.46. The van der Waals surface area contributed by atoms with E-state index in [1.807, 2.05) is 0 Å². The van der Waals surface area contributed by atoms with Crippen LogP contribution in [0.15, 0.2) is 33.2 Å². The first-order valence-corrected chi connectivity index (χ1v) is 7.06. The lowest BCUT2D eigenvalue weighted by atomic mass is 10.3. The summed E-state index contributed by atoms with van der Waals surface area (Å²) in [6.07, 6.45) is -4.66. The fourth-order valence-corrected chi connectivity index (χ4v) is 2.73. The van der Waals surface area contributed by atoms with Gasteiger partial charge in [-0.05, 0) is 44.0 Å². The van der Waals surface area contributed by atoms with Crippen molar-refractivity contribution < 1.29 is 13.2 Å². The zero-order chi connectivity index (χ0) is 14.9. The average Bonchev–Trinajstić information content (AvgIpc) is 2.32. The molecule has 1 aromatic carbocycles. The molecule has 1 N–H and O–H groups in total. The summed E-state index contributed by atoms with van der Waals surface area (Å²) in [5, 5.41) is 2.47. The zero-order valence-corrected chi connectivity index (χ0v) is 13.4. The molecule has 0 spiro atoms. The molecule has 0 unspecified atom stereocenters. The van der Waals surface area contributed by atoms with Gasteiger partial charge in [0.25, 0.3) is 0 Å². The molecule has 9 heteroatoms. The fourth-order valence-electron chi connectivity index (χ4n) is 1.35. The molecule has 0 atom stereocenters. The highest BCUT2D eigenvalue weighted by Gasteiger charge is 2.35. The molecule has 2 aromatic rings. The van der Waals surface area contributed by atoms with Crippen LogP contribution in [0.2, 0.25) is 5.15 Å². The standard InChI is InChI=1S/C11H5Br2ClF3N3/c12-5-2-1-3-6(13)9(5)19-8-4-7(14)18-10(20-8)11(15,16)17/h1-4H,(H,18,19,20). The predicted octanol–water partition coefficient (Wildman–Crippen LogP) is 5.42. The van der Waals surface area contributed by atoms with Gasteiger partial charge in [-0.1, -0.05) is 17.7 Å². The molecule has 1 heterocycles. The molecular formula is C11H5Br2ClF3N3. The highest BCUT2D eigenvalue weighted by Crippen LogP contribution is 2.34. The minimum absolute atomic E-state index is 0.0510. The molecule has 2 rings (SSSR count). The third kappa shape index (κ3) is 3.62. The Bertz CT molecular complexity index is 629. The molecule has 0 amide bonds. The number of alkyl halides is 3. The quantitative estimate of drug-likeness (QED) is 0.646. The SMILES string of the molecule is FC(F)(F)c1nc(Cl)cc(Nc2c(Br)cccc2Br)n1. The fraction of sp³-hybridized carbons (Fsp3) is 0.0909. The summed E-state index contributed by atoms with van der Waals surface area (Å²) in [7, 11) is 0. The van der Waals surface area contributed by atoms with Gasteiger partial charge in [0.05, 0.1) is 5.69 Å². The Morgan fingerprint density at radius 3 is 2.25 bits per heavy atom. The minimum Gasteiger partial charge on any atom is -0.338 e. The van der Waals surface area contributed by atoms with Gasteiger partial charge in [-0.2, -0.15) is 13.2 Å². The first kappa shape index (κ1) is 15.5. The molecule has 0 fully saturated rings. The number of hydrogen-bond acceptors (Lipinski definition) is 3. The van der Waals surface area contributed by atoms with E-state index in [1.54, 1.807) is 18.2 Å². The van der Waals surface area contributed by atoms with Crippen LogP contribution in [0, 0.1) is 0 Å². The summed E-state index contributed by atoms with van der Waals surface area (Å²) >= 11 is 12.2. The van der Waals surface area contributed by atoms with E-state index in [-0.39, 0.29) is 11.0 Å². The summed E-state index contributed by atoms with van der Waals surface area (Å²) in [5.74, 6) is -1.35. The van der Waals surface area contributed by atoms with Crippen LogP contribution in [0.4, 0.5) is 24.7 Å². The van der Waals surface area contributed by atoms with Crippen LogP contribution in [0.3, 0.4) is 0 Å². The predicted molar refractivity (Wildman–Crippen MR) is 77.2 cm³/mol. The Hall–Kier alpha value is -0.860. The van der Waals surface area contributed by atoms with Crippen molar-refractivity contribution in [2.24, 2.45) is 0 Å². The summed E-state index contributed by atoms with van der Waals surface area (Å²) in [5.41, 5.74) is 0.537. The lowest BCUT2D eigenvalue weighted by Crippen LogP contribution is -2.12. The van der Waals surface area contributed by atoms with E-state index < -0.39 is 12.0 Å². The van der Waals surface area contributed by atoms with Crippen molar-refractivity contribution in [3.05, 3.63) is 44.2 Å². The molecule has 106 valence electrons. The Balaban J connectivity index is 2.42. The number of para-hydroxylation sites is 1. The number of nitrogens with zero attached hydrogens (tertiary/aromatic N) is 2. The second-order valence-corrected chi connectivity index (χ2v) is 5.71. The van der Waals surface area contributed by atoms with Crippen molar-refractivity contribution in [3.63, 3.8) is 0 Å². The Labute approximate surface area is 133 Å². The van der Waals surface area contributed by atoms with E-state index in [2.05, 4.69) is 47.1 Å². The largest absolute Gasteiger partial charge is 0.451 e. The maximum atomic E-state index is 12.6. The topological polar surface area (TPSA) is 37.8 Å². The number of nitrogens with one attached hydrogen (secondary N) is 1. The summed E-state index contributed by atoms with van der Waals surface area (Å²) < 4.78 is 39.2. The van der Waals surface area contributed by atoms with E-state index in [9.17, 15) is 13.2 Å². The van der Waals surface area contributed by atoms with Crippen molar-refractivity contribution in [2.45, 2.75) is 6.18 Å². The van der Waals surface area contributed by atoms with Gasteiger partial charge < -0.3 is 5.32 Å². The highest BCUT2D eigenvalue weighted by atomic mass is 79.9. The molecule has 1 aromatic heterocycles. The maximum absolute atomic E-state index is 12.6. The first-order valence-electron chi connectivity index (χ1n) is 5.10. The third-order valence-electron chi connectivity index (χ3n) is 2.16. The van der Waals surface area contributed by atoms with Gasteiger partial charge in [-0.25, -0.2) is 9.97 Å². The highest BCUT2D eigenvalue weighted by molar-refractivity contribution is 9.11. The van der Waals surface area contributed by atoms with Crippen LogP contribution in [0.1, 0.15) is 5.82 Å². The molecule has 3 nitrogen and oxygen atoms in total. The van der Waals surface area contributed by atoms with Crippen LogP contribution in [0.5, 0.6) is 0 Å². The van der Waals surface area contributed by atoms with Crippen LogP contribution in [-0.4, -0.2) is 9.97 Å². The van der Waals surface area contributed by atoms with E-state index in [4.69, 9.17) is 11.6 Å². The van der Waals surface area contributed by atoms with Crippen molar-refractivity contribution in [3.8, 4) is 0 Å². The molecule has 0 radical (unpaired) electrons. The second kappa shape index (κ2) is 5.87. The average molecular weight is 431 g/mol. The number of halogens is 6. The van der Waals surface area contributed by atoms with E-state index in [0.717, 1.165) is 0 Å². The van der Waals surface area contributed by atoms with E-state index in [0.29, 0.717) is 14.6 Å². The lowest BCUT2D eigenvalue weighted by Gasteiger charge is -2.12. The molecule has 0 bridgehead atoms. The molecule has 0 saturated heterocycles. The maximum Gasteiger partial charge on any atom is 0.451 e. The molecule has 0 aliphatic heterocycles. The van der Waals surface area contributed by atoms with Crippen LogP contribution in [-0.2, 0) is 6.18 Å². The van der Waals surface area contributed by atoms with Crippen LogP contribution >= 0.6 is 43.5 Å². The Morgan fingerprint density at radius 2 is 1.70 bits per heavy atom. The lowest BCUT2D eigenvalue weighted by molar-refractivity contribution is -0.144. The first-order chi connectivity index (χ1) is 9.27. The molecule has 0 aliphatic carbocycles. The van der Waals surface area contributed by atoms with Gasteiger partial charge >= 0.3 is 6.18 Å². The smallest absolute Gasteiger partial charge is 0.338 e. The molecular weight excluding hydrogens is 426 g/mol. The van der Waals surface area contributed by atoms with Crippen molar-refractivity contribution in [1.29, 1.82) is 0 Å². The molecule has 20 heavy (non-hydrogen) atoms. The van der Waals surface area contributed by atoms with Crippen LogP contribution in [0.25, 0.3) is 0 Å². The normalized spacial score (nSPS) is 11.5. The van der Waals surface area contributed by atoms with Crippen molar-refractivity contribution in [1.82, 2.24) is 9.97 Å².